The normalized spacial score (nSPS) is 22.1. The van der Waals surface area contributed by atoms with Crippen molar-refractivity contribution in [2.75, 3.05) is 13.1 Å². The van der Waals surface area contributed by atoms with E-state index in [-0.39, 0.29) is 0 Å². The van der Waals surface area contributed by atoms with Gasteiger partial charge in [0.2, 0.25) is 0 Å². The standard InChI is InChI=1S/C17H22N2O2/c1-3-6-17(16(20)21)7-8-19(12-17)11-15-5-4-14(10-18)9-13(15)2/h4-5,9H,3,6-8,11-12H2,1-2H3,(H,20,21). The molecular weight excluding hydrogens is 264 g/mol. The van der Waals surface area contributed by atoms with Gasteiger partial charge in [-0.3, -0.25) is 9.69 Å². The number of aryl methyl sites for hydroxylation is 1. The van der Waals surface area contributed by atoms with Crippen LogP contribution >= 0.6 is 0 Å². The zero-order chi connectivity index (χ0) is 15.5. The molecule has 0 radical (unpaired) electrons. The van der Waals surface area contributed by atoms with Crippen LogP contribution in [0.25, 0.3) is 0 Å². The molecule has 4 heteroatoms. The molecule has 0 aliphatic carbocycles. The molecule has 21 heavy (non-hydrogen) atoms. The van der Waals surface area contributed by atoms with Gasteiger partial charge in [-0.2, -0.15) is 5.26 Å². The largest absolute Gasteiger partial charge is 0.481 e. The lowest BCUT2D eigenvalue weighted by molar-refractivity contribution is -0.148. The van der Waals surface area contributed by atoms with E-state index in [0.29, 0.717) is 12.1 Å². The van der Waals surface area contributed by atoms with E-state index in [9.17, 15) is 9.90 Å². The summed E-state index contributed by atoms with van der Waals surface area (Å²) in [5.74, 6) is -0.664. The average molecular weight is 286 g/mol. The van der Waals surface area contributed by atoms with Gasteiger partial charge < -0.3 is 5.11 Å². The highest BCUT2D eigenvalue weighted by Gasteiger charge is 2.43. The van der Waals surface area contributed by atoms with Gasteiger partial charge in [0, 0.05) is 13.1 Å². The molecule has 1 aromatic carbocycles. The van der Waals surface area contributed by atoms with Gasteiger partial charge in [0.1, 0.15) is 0 Å². The van der Waals surface area contributed by atoms with Crippen LogP contribution in [0.4, 0.5) is 0 Å². The molecule has 4 nitrogen and oxygen atoms in total. The van der Waals surface area contributed by atoms with Crippen LogP contribution in [0.1, 0.15) is 42.9 Å². The highest BCUT2D eigenvalue weighted by atomic mass is 16.4. The minimum Gasteiger partial charge on any atom is -0.481 e. The zero-order valence-electron chi connectivity index (χ0n) is 12.7. The number of likely N-dealkylation sites (tertiary alicyclic amines) is 1. The summed E-state index contributed by atoms with van der Waals surface area (Å²) in [7, 11) is 0. The third-order valence-corrected chi connectivity index (χ3v) is 4.48. The fourth-order valence-electron chi connectivity index (χ4n) is 3.24. The van der Waals surface area contributed by atoms with Gasteiger partial charge in [-0.25, -0.2) is 0 Å². The zero-order valence-corrected chi connectivity index (χ0v) is 12.7. The summed E-state index contributed by atoms with van der Waals surface area (Å²) in [5.41, 5.74) is 2.36. The molecule has 1 unspecified atom stereocenters. The molecule has 1 aromatic rings. The van der Waals surface area contributed by atoms with Crippen LogP contribution in [0.5, 0.6) is 0 Å². The molecule has 2 rings (SSSR count). The van der Waals surface area contributed by atoms with Crippen molar-refractivity contribution in [1.29, 1.82) is 5.26 Å². The molecule has 1 N–H and O–H groups in total. The number of carbonyl (C=O) groups is 1. The van der Waals surface area contributed by atoms with Crippen molar-refractivity contribution < 1.29 is 9.90 Å². The molecule has 1 fully saturated rings. The van der Waals surface area contributed by atoms with Crippen molar-refractivity contribution in [2.24, 2.45) is 5.41 Å². The number of hydrogen-bond acceptors (Lipinski definition) is 3. The summed E-state index contributed by atoms with van der Waals surface area (Å²) in [5, 5.41) is 18.4. The van der Waals surface area contributed by atoms with E-state index in [2.05, 4.69) is 11.0 Å². The molecule has 1 heterocycles. The van der Waals surface area contributed by atoms with Crippen molar-refractivity contribution in [3.63, 3.8) is 0 Å². The predicted octanol–water partition coefficient (Wildman–Crippen LogP) is 2.94. The van der Waals surface area contributed by atoms with Gasteiger partial charge in [0.25, 0.3) is 0 Å². The lowest BCUT2D eigenvalue weighted by atomic mass is 9.83. The lowest BCUT2D eigenvalue weighted by Gasteiger charge is -2.24. The van der Waals surface area contributed by atoms with Gasteiger partial charge in [-0.15, -0.1) is 0 Å². The number of nitrogens with zero attached hydrogens (tertiary/aromatic N) is 2. The Labute approximate surface area is 126 Å². The minimum atomic E-state index is -0.664. The third-order valence-electron chi connectivity index (χ3n) is 4.48. The van der Waals surface area contributed by atoms with Crippen molar-refractivity contribution in [2.45, 2.75) is 39.7 Å². The summed E-state index contributed by atoms with van der Waals surface area (Å²) in [6.45, 7) is 6.25. The SMILES string of the molecule is CCCC1(C(=O)O)CCN(Cc2ccc(C#N)cc2C)C1. The summed E-state index contributed by atoms with van der Waals surface area (Å²) < 4.78 is 0. The summed E-state index contributed by atoms with van der Waals surface area (Å²) in [6.07, 6.45) is 2.37. The third kappa shape index (κ3) is 3.25. The van der Waals surface area contributed by atoms with Crippen molar-refractivity contribution in [3.8, 4) is 6.07 Å². The summed E-state index contributed by atoms with van der Waals surface area (Å²) >= 11 is 0. The second-order valence-corrected chi connectivity index (χ2v) is 6.05. The second kappa shape index (κ2) is 6.28. The first-order valence-corrected chi connectivity index (χ1v) is 7.46. The Kier molecular flexibility index (Phi) is 4.64. The number of rotatable bonds is 5. The maximum absolute atomic E-state index is 11.6. The number of aliphatic carboxylic acids is 1. The molecule has 1 aliphatic heterocycles. The van der Waals surface area contributed by atoms with Crippen LogP contribution in [-0.4, -0.2) is 29.1 Å². The van der Waals surface area contributed by atoms with Crippen molar-refractivity contribution in [1.82, 2.24) is 4.90 Å². The topological polar surface area (TPSA) is 64.3 Å². The maximum Gasteiger partial charge on any atom is 0.310 e. The van der Waals surface area contributed by atoms with Gasteiger partial charge in [-0.05, 0) is 49.6 Å². The van der Waals surface area contributed by atoms with Crippen molar-refractivity contribution in [3.05, 3.63) is 34.9 Å². The fraction of sp³-hybridized carbons (Fsp3) is 0.529. The smallest absolute Gasteiger partial charge is 0.310 e. The van der Waals surface area contributed by atoms with Crippen molar-refractivity contribution >= 4 is 5.97 Å². The Morgan fingerprint density at radius 3 is 2.86 bits per heavy atom. The molecule has 0 aromatic heterocycles. The van der Waals surface area contributed by atoms with E-state index >= 15 is 0 Å². The van der Waals surface area contributed by atoms with E-state index in [1.165, 1.54) is 5.56 Å². The second-order valence-electron chi connectivity index (χ2n) is 6.05. The van der Waals surface area contributed by atoms with E-state index < -0.39 is 11.4 Å². The molecule has 0 amide bonds. The maximum atomic E-state index is 11.6. The van der Waals surface area contributed by atoms with E-state index in [1.807, 2.05) is 32.0 Å². The van der Waals surface area contributed by atoms with Crippen LogP contribution in [0.15, 0.2) is 18.2 Å². The molecule has 112 valence electrons. The number of hydrogen-bond donors (Lipinski definition) is 1. The Balaban J connectivity index is 2.09. The molecule has 0 saturated carbocycles. The van der Waals surface area contributed by atoms with Gasteiger partial charge >= 0.3 is 5.97 Å². The van der Waals surface area contributed by atoms with E-state index in [1.54, 1.807) is 0 Å². The first-order valence-electron chi connectivity index (χ1n) is 7.46. The summed E-state index contributed by atoms with van der Waals surface area (Å²) in [4.78, 5) is 13.8. The molecule has 1 saturated heterocycles. The van der Waals surface area contributed by atoms with Crippen LogP contribution in [0.2, 0.25) is 0 Å². The highest BCUT2D eigenvalue weighted by Crippen LogP contribution is 2.36. The number of benzene rings is 1. The molecule has 1 aliphatic rings. The Hall–Kier alpha value is -1.86. The molecule has 0 bridgehead atoms. The van der Waals surface area contributed by atoms with Crippen LogP contribution in [0.3, 0.4) is 0 Å². The van der Waals surface area contributed by atoms with Gasteiger partial charge in [0.05, 0.1) is 17.0 Å². The first-order chi connectivity index (χ1) is 10.0. The Morgan fingerprint density at radius 1 is 1.52 bits per heavy atom. The van der Waals surface area contributed by atoms with Gasteiger partial charge in [0.15, 0.2) is 0 Å². The van der Waals surface area contributed by atoms with Crippen LogP contribution < -0.4 is 0 Å². The van der Waals surface area contributed by atoms with E-state index in [0.717, 1.165) is 37.9 Å². The van der Waals surface area contributed by atoms with Crippen LogP contribution in [0, 0.1) is 23.7 Å². The van der Waals surface area contributed by atoms with Gasteiger partial charge in [-0.1, -0.05) is 19.4 Å². The predicted molar refractivity (Wildman–Crippen MR) is 80.8 cm³/mol. The average Bonchev–Trinajstić information content (AvgIpc) is 2.86. The molecule has 0 spiro atoms. The monoisotopic (exact) mass is 286 g/mol. The molecular formula is C17H22N2O2. The first kappa shape index (κ1) is 15.5. The molecule has 1 atom stereocenters. The highest BCUT2D eigenvalue weighted by molar-refractivity contribution is 5.75. The Morgan fingerprint density at radius 2 is 2.29 bits per heavy atom. The number of carboxylic acids is 1. The number of nitriles is 1. The lowest BCUT2D eigenvalue weighted by Crippen LogP contribution is -2.34. The summed E-state index contributed by atoms with van der Waals surface area (Å²) in [6, 6.07) is 7.84. The van der Waals surface area contributed by atoms with Crippen LogP contribution in [-0.2, 0) is 11.3 Å². The minimum absolute atomic E-state index is 0.574. The van der Waals surface area contributed by atoms with E-state index in [4.69, 9.17) is 5.26 Å². The Bertz CT molecular complexity index is 577. The fourth-order valence-corrected chi connectivity index (χ4v) is 3.24. The quantitative estimate of drug-likeness (QED) is 0.904. The number of carboxylic acid groups (broad SMARTS) is 1.